The van der Waals surface area contributed by atoms with Gasteiger partial charge in [0, 0.05) is 74.3 Å². The number of piperazine rings is 1. The third-order valence-corrected chi connectivity index (χ3v) is 15.1. The SMILES string of the molecule is CCc1c2c(nc3ccc(OC(=O)N4CCN(C(=O)CCCCCCCC/C=C/C(=O)N5CCC(C(=O)O)(C(=O)O)CC5)CC4)cc13)-c1cc3c(c(=O)n1C2)COC(=O)[C@]3(O)CC.N[C@@H]1CCCC[C@H]1N.[Pt+4]. The number of fused-ring (bicyclic) bond motifs is 5. The van der Waals surface area contributed by atoms with Gasteiger partial charge in [-0.2, -0.15) is 0 Å². The number of nitrogens with two attached hydrogens (primary N) is 2. The number of hydrogen-bond donors (Lipinski definition) is 5. The summed E-state index contributed by atoms with van der Waals surface area (Å²) in [5.41, 5.74) is 11.3. The van der Waals surface area contributed by atoms with Gasteiger partial charge in [0.15, 0.2) is 11.0 Å². The van der Waals surface area contributed by atoms with Crippen molar-refractivity contribution < 1.29 is 74.6 Å². The Morgan fingerprint density at radius 1 is 0.833 bits per heavy atom. The molecule has 7 N–H and O–H groups in total. The first kappa shape index (κ1) is 55.8. The van der Waals surface area contributed by atoms with Gasteiger partial charge >= 0.3 is 45.1 Å². The first-order chi connectivity index (χ1) is 34.0. The first-order valence-electron chi connectivity index (χ1n) is 25.3. The molecule has 0 unspecified atom stereocenters. The quantitative estimate of drug-likeness (QED) is 0.0456. The molecule has 0 spiro atoms. The van der Waals surface area contributed by atoms with E-state index in [1.807, 2.05) is 6.92 Å². The van der Waals surface area contributed by atoms with Crippen molar-refractivity contribution in [3.05, 3.63) is 69.0 Å². The Kier molecular flexibility index (Phi) is 19.0. The molecule has 1 saturated carbocycles. The second-order valence-electron chi connectivity index (χ2n) is 19.5. The number of piperidine rings is 1. The number of carbonyl (C=O) groups is 6. The summed E-state index contributed by atoms with van der Waals surface area (Å²) in [6, 6.07) is 7.50. The monoisotopic (exact) mass is 1180 g/mol. The standard InChI is InChI=1S/C46H55N5O12.C6H14N2.Pt/c1-3-30-31-25-29(15-16-35(31)47-39-32(30)27-51-36(39)26-34-33(40(51)54)28-62-43(59)46(34,61)4-2)63-44(60)50-23-21-49(22-24-50)38(53)14-12-10-8-6-5-7-9-11-13-37(52)48-19-17-45(18-20-48,41(55)56)42(57)58;7-5-3-1-2-4-6(5)8;/h11,13,15-16,25-26,61H,3-10,12,14,17-24,27-28H2,1-2H3,(H,55,56)(H,57,58);5-6H,1-4,7-8H2;/q;;+4/b13-11+;;/t46-;5-,6-;/m01./s1. The molecule has 8 rings (SSSR count). The topological polar surface area (TPSA) is 278 Å². The number of aromatic nitrogens is 2. The molecule has 1 aliphatic carbocycles. The van der Waals surface area contributed by atoms with E-state index in [0.717, 1.165) is 74.3 Å². The maximum absolute atomic E-state index is 13.7. The van der Waals surface area contributed by atoms with E-state index in [2.05, 4.69) is 0 Å². The summed E-state index contributed by atoms with van der Waals surface area (Å²) in [4.78, 5) is 97.7. The van der Waals surface area contributed by atoms with E-state index in [-0.39, 0.29) is 107 Å². The zero-order chi connectivity index (χ0) is 51.0. The smallest absolute Gasteiger partial charge is 0.480 e. The van der Waals surface area contributed by atoms with Gasteiger partial charge in [-0.15, -0.1) is 0 Å². The number of nitrogens with zero attached hydrogens (tertiary/aromatic N) is 5. The number of esters is 1. The summed E-state index contributed by atoms with van der Waals surface area (Å²) in [7, 11) is 0. The molecular formula is C52H69N7O12Pt+4. The van der Waals surface area contributed by atoms with Crippen molar-refractivity contribution in [3.8, 4) is 17.1 Å². The molecule has 1 aromatic carbocycles. The van der Waals surface area contributed by atoms with Crippen molar-refractivity contribution in [3.63, 3.8) is 0 Å². The van der Waals surface area contributed by atoms with Gasteiger partial charge in [-0.25, -0.2) is 14.6 Å². The molecule has 6 heterocycles. The molecule has 3 fully saturated rings. The van der Waals surface area contributed by atoms with Gasteiger partial charge < -0.3 is 55.5 Å². The minimum Gasteiger partial charge on any atom is -0.480 e. The molecule has 390 valence electrons. The van der Waals surface area contributed by atoms with Crippen LogP contribution in [0.15, 0.2) is 41.2 Å². The number of carboxylic acid groups (broad SMARTS) is 2. The van der Waals surface area contributed by atoms with Crippen LogP contribution in [0.3, 0.4) is 0 Å². The van der Waals surface area contributed by atoms with Crippen LogP contribution in [0.1, 0.15) is 132 Å². The predicted molar refractivity (Wildman–Crippen MR) is 262 cm³/mol. The van der Waals surface area contributed by atoms with Crippen molar-refractivity contribution in [2.45, 2.75) is 147 Å². The van der Waals surface area contributed by atoms with Gasteiger partial charge in [-0.3, -0.25) is 24.0 Å². The number of carbonyl (C=O) groups excluding carboxylic acids is 4. The third-order valence-electron chi connectivity index (χ3n) is 15.1. The van der Waals surface area contributed by atoms with E-state index in [1.54, 1.807) is 51.6 Å². The Morgan fingerprint density at radius 2 is 1.46 bits per heavy atom. The summed E-state index contributed by atoms with van der Waals surface area (Å²) in [5, 5.41) is 30.7. The molecule has 0 bridgehead atoms. The fourth-order valence-corrected chi connectivity index (χ4v) is 10.4. The number of carboxylic acids is 2. The van der Waals surface area contributed by atoms with Crippen molar-refractivity contribution >= 4 is 46.7 Å². The van der Waals surface area contributed by atoms with Gasteiger partial charge in [-0.05, 0) is 93.7 Å². The minimum atomic E-state index is -1.91. The average molecular weight is 1180 g/mol. The number of hydrogen-bond acceptors (Lipinski definition) is 13. The summed E-state index contributed by atoms with van der Waals surface area (Å²) in [6.45, 7) is 5.45. The fraction of sp³-hybridized carbons (Fsp3) is 0.577. The number of benzene rings is 1. The van der Waals surface area contributed by atoms with E-state index in [4.69, 9.17) is 25.9 Å². The van der Waals surface area contributed by atoms with Crippen molar-refractivity contribution in [2.75, 3.05) is 39.3 Å². The van der Waals surface area contributed by atoms with Crippen LogP contribution in [0.5, 0.6) is 5.75 Å². The molecule has 0 radical (unpaired) electrons. The summed E-state index contributed by atoms with van der Waals surface area (Å²) in [5.74, 6) is -3.32. The molecule has 19 nitrogen and oxygen atoms in total. The van der Waals surface area contributed by atoms with Crippen LogP contribution >= 0.6 is 0 Å². The molecule has 3 amide bonds. The van der Waals surface area contributed by atoms with Gasteiger partial charge in [0.1, 0.15) is 12.4 Å². The van der Waals surface area contributed by atoms with Crippen molar-refractivity contribution in [2.24, 2.45) is 16.9 Å². The Bertz CT molecular complexity index is 2580. The predicted octanol–water partition coefficient (Wildman–Crippen LogP) is 4.95. The second-order valence-corrected chi connectivity index (χ2v) is 19.5. The number of unbranched alkanes of at least 4 members (excludes halogenated alkanes) is 6. The maximum Gasteiger partial charge on any atom is 4.00 e. The molecule has 4 aliphatic heterocycles. The number of ether oxygens (including phenoxy) is 2. The number of pyridine rings is 2. The van der Waals surface area contributed by atoms with Gasteiger partial charge in [0.25, 0.3) is 5.56 Å². The summed E-state index contributed by atoms with van der Waals surface area (Å²) in [6.07, 6.45) is 14.8. The molecule has 20 heteroatoms. The van der Waals surface area contributed by atoms with E-state index in [1.165, 1.54) is 23.8 Å². The Balaban J connectivity index is 0.000000857. The molecule has 3 atom stereocenters. The summed E-state index contributed by atoms with van der Waals surface area (Å²) < 4.78 is 12.6. The normalized spacial score (nSPS) is 21.1. The number of allylic oxidation sites excluding steroid dienone is 1. The van der Waals surface area contributed by atoms with E-state index >= 15 is 0 Å². The van der Waals surface area contributed by atoms with Crippen LogP contribution in [0.25, 0.3) is 22.3 Å². The summed E-state index contributed by atoms with van der Waals surface area (Å²) >= 11 is 0. The number of aryl methyl sites for hydroxylation is 1. The average Bonchev–Trinajstić information content (AvgIpc) is 3.74. The van der Waals surface area contributed by atoms with E-state index in [9.17, 15) is 48.9 Å². The number of likely N-dealkylation sites (tertiary alicyclic amines) is 1. The van der Waals surface area contributed by atoms with Crippen LogP contribution in [0, 0.1) is 5.41 Å². The van der Waals surface area contributed by atoms with Crippen LogP contribution in [0.4, 0.5) is 4.79 Å². The van der Waals surface area contributed by atoms with Crippen molar-refractivity contribution in [1.29, 1.82) is 0 Å². The van der Waals surface area contributed by atoms with E-state index < -0.39 is 35.0 Å². The Hall–Kier alpha value is -5.49. The number of aliphatic hydroxyl groups is 1. The molecule has 2 saturated heterocycles. The van der Waals surface area contributed by atoms with Gasteiger partial charge in [0.05, 0.1) is 29.0 Å². The van der Waals surface area contributed by atoms with Gasteiger partial charge in [-0.1, -0.05) is 58.4 Å². The Labute approximate surface area is 433 Å². The minimum absolute atomic E-state index is 0. The van der Waals surface area contributed by atoms with Crippen LogP contribution < -0.4 is 21.8 Å². The van der Waals surface area contributed by atoms with Gasteiger partial charge in [0.2, 0.25) is 11.8 Å². The molecule has 72 heavy (non-hydrogen) atoms. The molecular weight excluding hydrogens is 1110 g/mol. The van der Waals surface area contributed by atoms with Crippen LogP contribution in [-0.2, 0) is 74.9 Å². The molecule has 2 aromatic heterocycles. The zero-order valence-corrected chi connectivity index (χ0v) is 43.6. The maximum atomic E-state index is 13.7. The number of aliphatic carboxylic acids is 2. The molecule has 3 aromatic rings. The Morgan fingerprint density at radius 3 is 2.07 bits per heavy atom. The zero-order valence-electron chi connectivity index (χ0n) is 41.3. The number of amides is 3. The molecule has 5 aliphatic rings. The number of rotatable bonds is 15. The third kappa shape index (κ3) is 12.0. The van der Waals surface area contributed by atoms with Crippen LogP contribution in [0.2, 0.25) is 0 Å². The fourth-order valence-electron chi connectivity index (χ4n) is 10.4. The van der Waals surface area contributed by atoms with Crippen molar-refractivity contribution in [1.82, 2.24) is 24.3 Å². The second kappa shape index (κ2) is 24.5. The van der Waals surface area contributed by atoms with E-state index in [0.29, 0.717) is 61.7 Å². The first-order valence-corrected chi connectivity index (χ1v) is 25.3. The largest absolute Gasteiger partial charge is 4.00 e. The van der Waals surface area contributed by atoms with Crippen LogP contribution in [-0.4, -0.2) is 127 Å². The number of cyclic esters (lactones) is 1.